The number of hydrogen-bond donors (Lipinski definition) is 2. The Kier molecular flexibility index (Phi) is 5.38. The van der Waals surface area contributed by atoms with Gasteiger partial charge in [0, 0.05) is 17.1 Å². The molecule has 3 N–H and O–H groups in total. The Balaban J connectivity index is 2.78. The van der Waals surface area contributed by atoms with E-state index in [4.69, 9.17) is 5.73 Å². The topological polar surface area (TPSA) is 38.0 Å². The molecule has 0 saturated heterocycles. The number of nitrogens with two attached hydrogens (primary N) is 1. The molecule has 0 aliphatic carbocycles. The average Bonchev–Trinajstić information content (AvgIpc) is 2.21. The zero-order valence-electron chi connectivity index (χ0n) is 9.63. The lowest BCUT2D eigenvalue weighted by Crippen LogP contribution is -2.31. The third kappa shape index (κ3) is 3.85. The molecule has 0 aliphatic heterocycles. The van der Waals surface area contributed by atoms with Gasteiger partial charge in [-0.25, -0.2) is 4.39 Å². The highest BCUT2D eigenvalue weighted by Gasteiger charge is 2.13. The predicted octanol–water partition coefficient (Wildman–Crippen LogP) is 2.83. The Bertz CT molecular complexity index is 342. The summed E-state index contributed by atoms with van der Waals surface area (Å²) in [6.45, 7) is 5.67. The van der Waals surface area contributed by atoms with Crippen molar-refractivity contribution in [3.63, 3.8) is 0 Å². The highest BCUT2D eigenvalue weighted by Crippen LogP contribution is 2.24. The molecule has 90 valence electrons. The van der Waals surface area contributed by atoms with Crippen molar-refractivity contribution in [1.29, 1.82) is 0 Å². The third-order valence-corrected chi connectivity index (χ3v) is 3.03. The van der Waals surface area contributed by atoms with Gasteiger partial charge in [-0.2, -0.15) is 0 Å². The zero-order valence-corrected chi connectivity index (χ0v) is 11.2. The second-order valence-corrected chi connectivity index (χ2v) is 5.11. The SMILES string of the molecule is CC(C)CNC(CN)c1ccc(F)cc1Br. The maximum absolute atomic E-state index is 12.9. The van der Waals surface area contributed by atoms with Gasteiger partial charge in [0.05, 0.1) is 0 Å². The van der Waals surface area contributed by atoms with Crippen LogP contribution in [0.25, 0.3) is 0 Å². The van der Waals surface area contributed by atoms with E-state index in [0.29, 0.717) is 12.5 Å². The first-order chi connectivity index (χ1) is 7.54. The minimum Gasteiger partial charge on any atom is -0.329 e. The van der Waals surface area contributed by atoms with Crippen LogP contribution in [-0.4, -0.2) is 13.1 Å². The van der Waals surface area contributed by atoms with Crippen LogP contribution in [0.3, 0.4) is 0 Å². The van der Waals surface area contributed by atoms with Crippen LogP contribution in [0.15, 0.2) is 22.7 Å². The van der Waals surface area contributed by atoms with Crippen LogP contribution < -0.4 is 11.1 Å². The van der Waals surface area contributed by atoms with Crippen LogP contribution in [-0.2, 0) is 0 Å². The minimum atomic E-state index is -0.241. The van der Waals surface area contributed by atoms with Gasteiger partial charge in [0.2, 0.25) is 0 Å². The summed E-state index contributed by atoms with van der Waals surface area (Å²) in [6, 6.07) is 4.76. The minimum absolute atomic E-state index is 0.0670. The fourth-order valence-electron chi connectivity index (χ4n) is 1.48. The molecular formula is C12H18BrFN2. The van der Waals surface area contributed by atoms with Crippen LogP contribution in [0.4, 0.5) is 4.39 Å². The molecule has 0 bridgehead atoms. The molecule has 1 aromatic carbocycles. The largest absolute Gasteiger partial charge is 0.329 e. The molecule has 0 aromatic heterocycles. The summed E-state index contributed by atoms with van der Waals surface area (Å²) in [5, 5.41) is 3.37. The number of hydrogen-bond acceptors (Lipinski definition) is 2. The predicted molar refractivity (Wildman–Crippen MR) is 68.7 cm³/mol. The van der Waals surface area contributed by atoms with E-state index in [1.54, 1.807) is 6.07 Å². The molecule has 0 fully saturated rings. The highest BCUT2D eigenvalue weighted by molar-refractivity contribution is 9.10. The number of rotatable bonds is 5. The first kappa shape index (κ1) is 13.6. The molecule has 1 unspecified atom stereocenters. The van der Waals surface area contributed by atoms with Crippen molar-refractivity contribution in [1.82, 2.24) is 5.32 Å². The van der Waals surface area contributed by atoms with Gasteiger partial charge in [0.1, 0.15) is 5.82 Å². The molecular weight excluding hydrogens is 271 g/mol. The maximum atomic E-state index is 12.9. The molecule has 0 aliphatic rings. The Labute approximate surface area is 105 Å². The first-order valence-electron chi connectivity index (χ1n) is 5.43. The van der Waals surface area contributed by atoms with Crippen LogP contribution in [0.2, 0.25) is 0 Å². The Hall–Kier alpha value is -0.450. The van der Waals surface area contributed by atoms with Crippen LogP contribution in [0.5, 0.6) is 0 Å². The number of halogens is 2. The highest BCUT2D eigenvalue weighted by atomic mass is 79.9. The van der Waals surface area contributed by atoms with E-state index < -0.39 is 0 Å². The smallest absolute Gasteiger partial charge is 0.124 e. The Morgan fingerprint density at radius 2 is 2.12 bits per heavy atom. The van der Waals surface area contributed by atoms with Gasteiger partial charge in [-0.3, -0.25) is 0 Å². The van der Waals surface area contributed by atoms with Gasteiger partial charge < -0.3 is 11.1 Å². The van der Waals surface area contributed by atoms with Crippen molar-refractivity contribution in [2.24, 2.45) is 11.7 Å². The molecule has 1 rings (SSSR count). The van der Waals surface area contributed by atoms with Gasteiger partial charge in [-0.05, 0) is 30.2 Å². The van der Waals surface area contributed by atoms with Crippen molar-refractivity contribution < 1.29 is 4.39 Å². The Morgan fingerprint density at radius 3 is 2.62 bits per heavy atom. The standard InChI is InChI=1S/C12H18BrFN2/c1-8(2)7-16-12(6-15)10-4-3-9(14)5-11(10)13/h3-5,8,12,16H,6-7,15H2,1-2H3. The van der Waals surface area contributed by atoms with Crippen LogP contribution in [0, 0.1) is 11.7 Å². The van der Waals surface area contributed by atoms with Gasteiger partial charge in [0.15, 0.2) is 0 Å². The fraction of sp³-hybridized carbons (Fsp3) is 0.500. The lowest BCUT2D eigenvalue weighted by atomic mass is 10.1. The molecule has 1 aromatic rings. The molecule has 0 spiro atoms. The molecule has 0 amide bonds. The normalized spacial score (nSPS) is 13.1. The van der Waals surface area contributed by atoms with E-state index in [9.17, 15) is 4.39 Å². The number of benzene rings is 1. The molecule has 1 atom stereocenters. The summed E-state index contributed by atoms with van der Waals surface area (Å²) in [6.07, 6.45) is 0. The van der Waals surface area contributed by atoms with Crippen molar-refractivity contribution >= 4 is 15.9 Å². The number of nitrogens with one attached hydrogen (secondary N) is 1. The quantitative estimate of drug-likeness (QED) is 0.874. The molecule has 2 nitrogen and oxygen atoms in total. The average molecular weight is 289 g/mol. The zero-order chi connectivity index (χ0) is 12.1. The molecule has 0 radical (unpaired) electrons. The summed E-state index contributed by atoms with van der Waals surface area (Å²) < 4.78 is 13.7. The summed E-state index contributed by atoms with van der Waals surface area (Å²) in [4.78, 5) is 0. The first-order valence-corrected chi connectivity index (χ1v) is 6.22. The van der Waals surface area contributed by atoms with Gasteiger partial charge >= 0.3 is 0 Å². The van der Waals surface area contributed by atoms with Gasteiger partial charge in [0.25, 0.3) is 0 Å². The molecule has 0 heterocycles. The third-order valence-electron chi connectivity index (χ3n) is 2.35. The Morgan fingerprint density at radius 1 is 1.44 bits per heavy atom. The van der Waals surface area contributed by atoms with Crippen molar-refractivity contribution in [3.8, 4) is 0 Å². The summed E-state index contributed by atoms with van der Waals surface area (Å²) in [5.74, 6) is 0.323. The van der Waals surface area contributed by atoms with E-state index in [-0.39, 0.29) is 11.9 Å². The van der Waals surface area contributed by atoms with E-state index in [2.05, 4.69) is 35.1 Å². The molecule has 4 heteroatoms. The summed E-state index contributed by atoms with van der Waals surface area (Å²) >= 11 is 3.36. The van der Waals surface area contributed by atoms with Crippen LogP contribution in [0.1, 0.15) is 25.5 Å². The van der Waals surface area contributed by atoms with Crippen molar-refractivity contribution in [2.75, 3.05) is 13.1 Å². The monoisotopic (exact) mass is 288 g/mol. The lowest BCUT2D eigenvalue weighted by Gasteiger charge is -2.20. The van der Waals surface area contributed by atoms with Crippen molar-refractivity contribution in [2.45, 2.75) is 19.9 Å². The van der Waals surface area contributed by atoms with Gasteiger partial charge in [-0.1, -0.05) is 35.8 Å². The fourth-order valence-corrected chi connectivity index (χ4v) is 2.11. The molecule has 0 saturated carbocycles. The van der Waals surface area contributed by atoms with E-state index in [0.717, 1.165) is 16.6 Å². The van der Waals surface area contributed by atoms with Gasteiger partial charge in [-0.15, -0.1) is 0 Å². The van der Waals surface area contributed by atoms with E-state index in [1.165, 1.54) is 12.1 Å². The van der Waals surface area contributed by atoms with E-state index in [1.807, 2.05) is 0 Å². The second kappa shape index (κ2) is 6.33. The summed E-state index contributed by atoms with van der Waals surface area (Å²) in [7, 11) is 0. The molecule has 16 heavy (non-hydrogen) atoms. The summed E-state index contributed by atoms with van der Waals surface area (Å²) in [5.41, 5.74) is 6.73. The van der Waals surface area contributed by atoms with Crippen molar-refractivity contribution in [3.05, 3.63) is 34.1 Å². The maximum Gasteiger partial charge on any atom is 0.124 e. The second-order valence-electron chi connectivity index (χ2n) is 4.26. The lowest BCUT2D eigenvalue weighted by molar-refractivity contribution is 0.477. The van der Waals surface area contributed by atoms with E-state index >= 15 is 0 Å². The van der Waals surface area contributed by atoms with Crippen LogP contribution >= 0.6 is 15.9 Å².